The van der Waals surface area contributed by atoms with Crippen LogP contribution in [0.3, 0.4) is 0 Å². The maximum Gasteiger partial charge on any atom is 0.329 e. The minimum absolute atomic E-state index is 0.0545. The number of anilines is 2. The van der Waals surface area contributed by atoms with E-state index in [0.717, 1.165) is 0 Å². The van der Waals surface area contributed by atoms with Gasteiger partial charge in [-0.1, -0.05) is 12.1 Å². The van der Waals surface area contributed by atoms with Crippen LogP contribution >= 0.6 is 0 Å². The number of carbonyl (C=O) groups is 1. The first-order chi connectivity index (χ1) is 12.9. The predicted octanol–water partition coefficient (Wildman–Crippen LogP) is 2.32. The molecule has 0 spiro atoms. The molecule has 2 aromatic carbocycles. The minimum Gasteiger partial charge on any atom is -0.497 e. The van der Waals surface area contributed by atoms with Crippen LogP contribution in [0.15, 0.2) is 48.5 Å². The Morgan fingerprint density at radius 3 is 2.15 bits per heavy atom. The molecule has 2 saturated heterocycles. The standard InChI is InChI=1S/C19H20N2O5S/c1-25-14-9-7-13(8-10-14)20-16-11-27(23,24)12-17(16)21(19(20)22)15-5-3-4-6-18(15)26-2/h3-10,16-17H,11-12H2,1-2H3/t16-,17+/m1/s1. The molecule has 0 radical (unpaired) electrons. The molecule has 4 rings (SSSR count). The van der Waals surface area contributed by atoms with Gasteiger partial charge in [0.25, 0.3) is 0 Å². The number of hydrogen-bond donors (Lipinski definition) is 0. The topological polar surface area (TPSA) is 76.2 Å². The number of hydrogen-bond acceptors (Lipinski definition) is 5. The van der Waals surface area contributed by atoms with Gasteiger partial charge < -0.3 is 9.47 Å². The Balaban J connectivity index is 1.80. The van der Waals surface area contributed by atoms with Gasteiger partial charge >= 0.3 is 6.03 Å². The Bertz CT molecular complexity index is 974. The Labute approximate surface area is 158 Å². The van der Waals surface area contributed by atoms with Gasteiger partial charge in [-0.15, -0.1) is 0 Å². The lowest BCUT2D eigenvalue weighted by molar-refractivity contribution is 0.255. The van der Waals surface area contributed by atoms with E-state index in [9.17, 15) is 13.2 Å². The van der Waals surface area contributed by atoms with Crippen LogP contribution in [0.25, 0.3) is 0 Å². The summed E-state index contributed by atoms with van der Waals surface area (Å²) in [5.41, 5.74) is 1.22. The summed E-state index contributed by atoms with van der Waals surface area (Å²) in [5, 5.41) is 0. The second-order valence-electron chi connectivity index (χ2n) is 6.60. The number of amides is 2. The van der Waals surface area contributed by atoms with Crippen molar-refractivity contribution < 1.29 is 22.7 Å². The van der Waals surface area contributed by atoms with E-state index in [4.69, 9.17) is 9.47 Å². The number of urea groups is 1. The normalized spacial score (nSPS) is 23.4. The Morgan fingerprint density at radius 2 is 1.52 bits per heavy atom. The third kappa shape index (κ3) is 2.90. The fourth-order valence-corrected chi connectivity index (χ4v) is 5.78. The van der Waals surface area contributed by atoms with Crippen molar-refractivity contribution in [2.45, 2.75) is 12.1 Å². The Hall–Kier alpha value is -2.74. The second-order valence-corrected chi connectivity index (χ2v) is 8.76. The van der Waals surface area contributed by atoms with Crippen molar-refractivity contribution in [2.24, 2.45) is 0 Å². The van der Waals surface area contributed by atoms with E-state index < -0.39 is 21.9 Å². The molecule has 0 unspecified atom stereocenters. The number of benzene rings is 2. The van der Waals surface area contributed by atoms with E-state index in [1.807, 2.05) is 6.07 Å². The van der Waals surface area contributed by atoms with E-state index in [1.165, 1.54) is 7.11 Å². The number of ether oxygens (including phenoxy) is 2. The van der Waals surface area contributed by atoms with Crippen molar-refractivity contribution in [1.29, 1.82) is 0 Å². The molecule has 27 heavy (non-hydrogen) atoms. The summed E-state index contributed by atoms with van der Waals surface area (Å²) < 4.78 is 35.3. The molecule has 142 valence electrons. The highest BCUT2D eigenvalue weighted by Gasteiger charge is 2.54. The SMILES string of the molecule is COc1ccc(N2C(=O)N(c3ccccc3OC)[C@H]3CS(=O)(=O)C[C@H]32)cc1. The minimum atomic E-state index is -3.24. The van der Waals surface area contributed by atoms with Gasteiger partial charge in [0.1, 0.15) is 11.5 Å². The zero-order chi connectivity index (χ0) is 19.2. The van der Waals surface area contributed by atoms with Gasteiger partial charge in [-0.2, -0.15) is 0 Å². The van der Waals surface area contributed by atoms with E-state index >= 15 is 0 Å². The number of carbonyl (C=O) groups excluding carboxylic acids is 1. The lowest BCUT2D eigenvalue weighted by atomic mass is 10.1. The molecular formula is C19H20N2O5S. The summed E-state index contributed by atoms with van der Waals surface area (Å²) in [4.78, 5) is 16.4. The van der Waals surface area contributed by atoms with Crippen LogP contribution in [0.1, 0.15) is 0 Å². The van der Waals surface area contributed by atoms with Crippen LogP contribution in [0.4, 0.5) is 16.2 Å². The van der Waals surface area contributed by atoms with Crippen molar-refractivity contribution in [3.63, 3.8) is 0 Å². The van der Waals surface area contributed by atoms with Crippen LogP contribution in [0.2, 0.25) is 0 Å². The first-order valence-corrected chi connectivity index (χ1v) is 10.4. The van der Waals surface area contributed by atoms with Gasteiger partial charge in [0.15, 0.2) is 9.84 Å². The molecule has 0 saturated carbocycles. The highest BCUT2D eigenvalue weighted by Crippen LogP contribution is 2.41. The third-order valence-electron chi connectivity index (χ3n) is 5.06. The molecule has 2 amide bonds. The number of nitrogens with zero attached hydrogens (tertiary/aromatic N) is 2. The summed E-state index contributed by atoms with van der Waals surface area (Å²) in [6.07, 6.45) is 0. The van der Waals surface area contributed by atoms with E-state index in [1.54, 1.807) is 59.4 Å². The third-order valence-corrected chi connectivity index (χ3v) is 6.76. The average molecular weight is 388 g/mol. The zero-order valence-electron chi connectivity index (χ0n) is 15.0. The average Bonchev–Trinajstić information content (AvgIpc) is 3.10. The summed E-state index contributed by atoms with van der Waals surface area (Å²) in [7, 11) is -0.145. The van der Waals surface area contributed by atoms with Crippen molar-refractivity contribution >= 4 is 27.2 Å². The van der Waals surface area contributed by atoms with Crippen LogP contribution in [-0.2, 0) is 9.84 Å². The molecule has 0 aliphatic carbocycles. The molecule has 8 heteroatoms. The predicted molar refractivity (Wildman–Crippen MR) is 103 cm³/mol. The van der Waals surface area contributed by atoms with E-state index in [2.05, 4.69) is 0 Å². The number of methoxy groups -OCH3 is 2. The largest absolute Gasteiger partial charge is 0.497 e. The van der Waals surface area contributed by atoms with Crippen molar-refractivity contribution in [3.8, 4) is 11.5 Å². The van der Waals surface area contributed by atoms with Gasteiger partial charge in [-0.05, 0) is 36.4 Å². The van der Waals surface area contributed by atoms with Gasteiger partial charge in [0, 0.05) is 5.69 Å². The highest BCUT2D eigenvalue weighted by atomic mass is 32.2. The van der Waals surface area contributed by atoms with E-state index in [0.29, 0.717) is 22.9 Å². The van der Waals surface area contributed by atoms with Gasteiger partial charge in [-0.3, -0.25) is 9.80 Å². The highest BCUT2D eigenvalue weighted by molar-refractivity contribution is 7.91. The fraction of sp³-hybridized carbons (Fsp3) is 0.316. The summed E-state index contributed by atoms with van der Waals surface area (Å²) in [5.74, 6) is 1.09. The maximum atomic E-state index is 13.3. The Kier molecular flexibility index (Phi) is 4.22. The number of para-hydroxylation sites is 2. The Morgan fingerprint density at radius 1 is 0.889 bits per heavy atom. The van der Waals surface area contributed by atoms with E-state index in [-0.39, 0.29) is 17.5 Å². The molecule has 0 bridgehead atoms. The van der Waals surface area contributed by atoms with Crippen LogP contribution in [0.5, 0.6) is 11.5 Å². The summed E-state index contributed by atoms with van der Waals surface area (Å²) in [6, 6.07) is 13.0. The molecular weight excluding hydrogens is 368 g/mol. The smallest absolute Gasteiger partial charge is 0.329 e. The first-order valence-electron chi connectivity index (χ1n) is 8.55. The number of fused-ring (bicyclic) bond motifs is 1. The molecule has 2 fully saturated rings. The molecule has 2 aliphatic rings. The lowest BCUT2D eigenvalue weighted by Gasteiger charge is -2.24. The maximum absolute atomic E-state index is 13.3. The quantitative estimate of drug-likeness (QED) is 0.752. The van der Waals surface area contributed by atoms with Crippen LogP contribution < -0.4 is 19.3 Å². The van der Waals surface area contributed by atoms with Gasteiger partial charge in [-0.25, -0.2) is 13.2 Å². The van der Waals surface area contributed by atoms with Crippen molar-refractivity contribution in [1.82, 2.24) is 0 Å². The molecule has 2 atom stereocenters. The number of sulfone groups is 1. The van der Waals surface area contributed by atoms with Gasteiger partial charge in [0.2, 0.25) is 0 Å². The zero-order valence-corrected chi connectivity index (χ0v) is 15.8. The molecule has 7 nitrogen and oxygen atoms in total. The summed E-state index contributed by atoms with van der Waals surface area (Å²) in [6.45, 7) is 0. The van der Waals surface area contributed by atoms with Crippen molar-refractivity contribution in [2.75, 3.05) is 35.5 Å². The molecule has 0 aromatic heterocycles. The molecule has 2 heterocycles. The molecule has 2 aromatic rings. The molecule has 0 N–H and O–H groups in total. The molecule has 2 aliphatic heterocycles. The fourth-order valence-electron chi connectivity index (χ4n) is 3.86. The summed E-state index contributed by atoms with van der Waals surface area (Å²) >= 11 is 0. The first kappa shape index (κ1) is 17.7. The second kappa shape index (κ2) is 6.45. The monoisotopic (exact) mass is 388 g/mol. The van der Waals surface area contributed by atoms with Gasteiger partial charge in [0.05, 0.1) is 43.5 Å². The van der Waals surface area contributed by atoms with Crippen LogP contribution in [0, 0.1) is 0 Å². The van der Waals surface area contributed by atoms with Crippen LogP contribution in [-0.4, -0.2) is 52.3 Å². The van der Waals surface area contributed by atoms with Crippen molar-refractivity contribution in [3.05, 3.63) is 48.5 Å². The number of rotatable bonds is 4. The lowest BCUT2D eigenvalue weighted by Crippen LogP contribution is -2.38.